The Labute approximate surface area is 109 Å². The van der Waals surface area contributed by atoms with Crippen LogP contribution in [0.3, 0.4) is 0 Å². The summed E-state index contributed by atoms with van der Waals surface area (Å²) in [5.74, 6) is -0.618. The van der Waals surface area contributed by atoms with Gasteiger partial charge in [0, 0.05) is 17.3 Å². The van der Waals surface area contributed by atoms with E-state index in [0.29, 0.717) is 22.8 Å². The summed E-state index contributed by atoms with van der Waals surface area (Å²) in [5, 5.41) is 3.38. The number of nitrogens with one attached hydrogen (secondary N) is 1. The highest BCUT2D eigenvalue weighted by Crippen LogP contribution is 2.19. The van der Waals surface area contributed by atoms with Crippen LogP contribution in [0.2, 0.25) is 5.02 Å². The van der Waals surface area contributed by atoms with E-state index in [1.54, 1.807) is 25.1 Å². The minimum atomic E-state index is -0.389. The zero-order valence-corrected chi connectivity index (χ0v) is 10.6. The molecule has 0 aromatic heterocycles. The maximum atomic E-state index is 13.1. The van der Waals surface area contributed by atoms with Crippen LogP contribution in [0.1, 0.15) is 11.1 Å². The number of hydrogen-bond acceptors (Lipinski definition) is 1. The fraction of sp³-hybridized carbons (Fsp3) is 0.143. The summed E-state index contributed by atoms with van der Waals surface area (Å²) in [5.41, 5.74) is 2.11. The second-order valence-corrected chi connectivity index (χ2v) is 4.53. The molecule has 1 nitrogen and oxygen atoms in total. The van der Waals surface area contributed by atoms with E-state index >= 15 is 0 Å². The van der Waals surface area contributed by atoms with Crippen molar-refractivity contribution >= 4 is 17.3 Å². The number of anilines is 1. The van der Waals surface area contributed by atoms with Crippen molar-refractivity contribution in [2.24, 2.45) is 0 Å². The van der Waals surface area contributed by atoms with Crippen LogP contribution in [0.5, 0.6) is 0 Å². The quantitative estimate of drug-likeness (QED) is 0.861. The molecule has 0 unspecified atom stereocenters. The third-order valence-corrected chi connectivity index (χ3v) is 2.80. The molecule has 0 amide bonds. The maximum absolute atomic E-state index is 13.1. The minimum absolute atomic E-state index is 0.229. The van der Waals surface area contributed by atoms with E-state index in [-0.39, 0.29) is 11.6 Å². The van der Waals surface area contributed by atoms with Gasteiger partial charge < -0.3 is 5.32 Å². The van der Waals surface area contributed by atoms with Gasteiger partial charge in [0.25, 0.3) is 0 Å². The number of benzene rings is 2. The van der Waals surface area contributed by atoms with Gasteiger partial charge in [-0.2, -0.15) is 0 Å². The van der Waals surface area contributed by atoms with Crippen molar-refractivity contribution in [3.8, 4) is 0 Å². The fourth-order valence-electron chi connectivity index (χ4n) is 1.68. The number of hydrogen-bond donors (Lipinski definition) is 1. The monoisotopic (exact) mass is 267 g/mol. The Balaban J connectivity index is 2.08. The molecule has 0 saturated carbocycles. The van der Waals surface area contributed by atoms with Crippen LogP contribution in [0.25, 0.3) is 0 Å². The molecule has 0 aliphatic heterocycles. The molecule has 0 saturated heterocycles. The molecule has 0 aliphatic carbocycles. The van der Waals surface area contributed by atoms with Crippen molar-refractivity contribution in [3.05, 3.63) is 64.2 Å². The van der Waals surface area contributed by atoms with E-state index in [1.165, 1.54) is 18.2 Å². The average Bonchev–Trinajstić information content (AvgIpc) is 2.29. The highest BCUT2D eigenvalue weighted by atomic mass is 35.5. The van der Waals surface area contributed by atoms with E-state index in [1.807, 2.05) is 0 Å². The lowest BCUT2D eigenvalue weighted by Gasteiger charge is -2.08. The first-order chi connectivity index (χ1) is 8.54. The van der Waals surface area contributed by atoms with Crippen molar-refractivity contribution in [2.45, 2.75) is 13.5 Å². The lowest BCUT2D eigenvalue weighted by Crippen LogP contribution is -2.00. The minimum Gasteiger partial charge on any atom is -0.381 e. The van der Waals surface area contributed by atoms with E-state index in [4.69, 9.17) is 11.6 Å². The highest BCUT2D eigenvalue weighted by molar-refractivity contribution is 6.30. The molecule has 2 aromatic carbocycles. The molecule has 2 aromatic rings. The summed E-state index contributed by atoms with van der Waals surface area (Å²) in [6.45, 7) is 2.19. The summed E-state index contributed by atoms with van der Waals surface area (Å²) in [4.78, 5) is 0. The second-order valence-electron chi connectivity index (χ2n) is 4.10. The fourth-order valence-corrected chi connectivity index (χ4v) is 1.90. The Morgan fingerprint density at radius 3 is 2.56 bits per heavy atom. The van der Waals surface area contributed by atoms with Crippen LogP contribution in [-0.4, -0.2) is 0 Å². The topological polar surface area (TPSA) is 12.0 Å². The summed E-state index contributed by atoms with van der Waals surface area (Å²) >= 11 is 5.75. The molecule has 1 N–H and O–H groups in total. The molecule has 0 radical (unpaired) electrons. The van der Waals surface area contributed by atoms with Gasteiger partial charge in [-0.1, -0.05) is 23.7 Å². The van der Waals surface area contributed by atoms with Gasteiger partial charge in [0.05, 0.1) is 0 Å². The van der Waals surface area contributed by atoms with E-state index in [9.17, 15) is 8.78 Å². The van der Waals surface area contributed by atoms with Crippen LogP contribution in [0, 0.1) is 18.6 Å². The summed E-state index contributed by atoms with van der Waals surface area (Å²) in [7, 11) is 0. The lowest BCUT2D eigenvalue weighted by atomic mass is 10.1. The van der Waals surface area contributed by atoms with Crippen LogP contribution >= 0.6 is 11.6 Å². The van der Waals surface area contributed by atoms with Gasteiger partial charge in [-0.05, 0) is 42.3 Å². The Morgan fingerprint density at radius 2 is 1.89 bits per heavy atom. The SMILES string of the molecule is Cc1cc(CNc2cc(F)cc(Cl)c2)ccc1F. The number of rotatable bonds is 3. The zero-order chi connectivity index (χ0) is 13.1. The molecular weight excluding hydrogens is 256 g/mol. The molecule has 0 heterocycles. The standard InChI is InChI=1S/C14H12ClF2N/c1-9-4-10(2-3-14(9)17)8-18-13-6-11(15)5-12(16)7-13/h2-7,18H,8H2,1H3. The van der Waals surface area contributed by atoms with E-state index in [2.05, 4.69) is 5.32 Å². The molecular formula is C14H12ClF2N. The molecule has 0 spiro atoms. The van der Waals surface area contributed by atoms with Crippen molar-refractivity contribution in [2.75, 3.05) is 5.32 Å². The predicted molar refractivity (Wildman–Crippen MR) is 69.9 cm³/mol. The molecule has 0 atom stereocenters. The predicted octanol–water partition coefficient (Wildman–Crippen LogP) is 4.54. The van der Waals surface area contributed by atoms with Crippen molar-refractivity contribution in [1.29, 1.82) is 0 Å². The van der Waals surface area contributed by atoms with Crippen LogP contribution in [0.15, 0.2) is 36.4 Å². The van der Waals surface area contributed by atoms with Crippen molar-refractivity contribution in [3.63, 3.8) is 0 Å². The highest BCUT2D eigenvalue weighted by Gasteiger charge is 2.01. The Hall–Kier alpha value is -1.61. The van der Waals surface area contributed by atoms with E-state index < -0.39 is 0 Å². The second kappa shape index (κ2) is 5.36. The molecule has 0 bridgehead atoms. The summed E-state index contributed by atoms with van der Waals surface area (Å²) in [6, 6.07) is 9.11. The summed E-state index contributed by atoms with van der Waals surface area (Å²) < 4.78 is 26.2. The smallest absolute Gasteiger partial charge is 0.126 e. The van der Waals surface area contributed by atoms with Gasteiger partial charge in [0.2, 0.25) is 0 Å². The lowest BCUT2D eigenvalue weighted by molar-refractivity contribution is 0.617. The number of halogens is 3. The Bertz CT molecular complexity index is 549. The van der Waals surface area contributed by atoms with Crippen LogP contribution < -0.4 is 5.32 Å². The molecule has 2 rings (SSSR count). The van der Waals surface area contributed by atoms with Gasteiger partial charge in [0.1, 0.15) is 11.6 Å². The first-order valence-corrected chi connectivity index (χ1v) is 5.87. The first-order valence-electron chi connectivity index (χ1n) is 5.49. The maximum Gasteiger partial charge on any atom is 0.126 e. The van der Waals surface area contributed by atoms with Gasteiger partial charge in [-0.3, -0.25) is 0 Å². The largest absolute Gasteiger partial charge is 0.381 e. The first kappa shape index (κ1) is 12.8. The van der Waals surface area contributed by atoms with Gasteiger partial charge in [-0.25, -0.2) is 8.78 Å². The van der Waals surface area contributed by atoms with E-state index in [0.717, 1.165) is 5.56 Å². The molecule has 4 heteroatoms. The molecule has 18 heavy (non-hydrogen) atoms. The normalized spacial score (nSPS) is 10.4. The van der Waals surface area contributed by atoms with Gasteiger partial charge in [-0.15, -0.1) is 0 Å². The van der Waals surface area contributed by atoms with Crippen molar-refractivity contribution in [1.82, 2.24) is 0 Å². The summed E-state index contributed by atoms with van der Waals surface area (Å²) in [6.07, 6.45) is 0. The van der Waals surface area contributed by atoms with Gasteiger partial charge >= 0.3 is 0 Å². The zero-order valence-electron chi connectivity index (χ0n) is 9.81. The average molecular weight is 268 g/mol. The van der Waals surface area contributed by atoms with Crippen LogP contribution in [0.4, 0.5) is 14.5 Å². The number of aryl methyl sites for hydroxylation is 1. The molecule has 0 fully saturated rings. The molecule has 0 aliphatic rings. The third kappa shape index (κ3) is 3.20. The Morgan fingerprint density at radius 1 is 1.11 bits per heavy atom. The van der Waals surface area contributed by atoms with Crippen molar-refractivity contribution < 1.29 is 8.78 Å². The van der Waals surface area contributed by atoms with Gasteiger partial charge in [0.15, 0.2) is 0 Å². The Kier molecular flexibility index (Phi) is 3.82. The third-order valence-electron chi connectivity index (χ3n) is 2.58. The molecule has 94 valence electrons. The van der Waals surface area contributed by atoms with Crippen LogP contribution in [-0.2, 0) is 6.54 Å².